The van der Waals surface area contributed by atoms with Crippen molar-refractivity contribution in [3.05, 3.63) is 34.3 Å². The Morgan fingerprint density at radius 3 is 2.42 bits per heavy atom. The number of esters is 1. The van der Waals surface area contributed by atoms with Crippen LogP contribution >= 0.6 is 11.6 Å². The summed E-state index contributed by atoms with van der Waals surface area (Å²) in [5.41, 5.74) is -0.866. The Kier molecular flexibility index (Phi) is 6.98. The minimum atomic E-state index is -4.56. The van der Waals surface area contributed by atoms with Crippen molar-refractivity contribution in [2.45, 2.75) is 44.2 Å². The van der Waals surface area contributed by atoms with Crippen molar-refractivity contribution >= 4 is 28.9 Å². The highest BCUT2D eigenvalue weighted by atomic mass is 35.5. The van der Waals surface area contributed by atoms with Crippen LogP contribution in [0.4, 0.5) is 13.2 Å². The average Bonchev–Trinajstić information content (AvgIpc) is 2.44. The van der Waals surface area contributed by atoms with E-state index in [9.17, 15) is 22.5 Å². The number of carbonyl (C=O) groups is 1. The van der Waals surface area contributed by atoms with E-state index in [-0.39, 0.29) is 17.0 Å². The van der Waals surface area contributed by atoms with Gasteiger partial charge in [-0.1, -0.05) is 11.6 Å². The maximum atomic E-state index is 12.9. The molecule has 4 nitrogen and oxygen atoms in total. The molecule has 0 radical (unpaired) electrons. The van der Waals surface area contributed by atoms with Gasteiger partial charge in [0, 0.05) is 16.4 Å². The largest absolute Gasteiger partial charge is 0.598 e. The Morgan fingerprint density at radius 1 is 1.38 bits per heavy atom. The average molecular weight is 386 g/mol. The van der Waals surface area contributed by atoms with Crippen LogP contribution in [0.25, 0.3) is 0 Å². The Hall–Kier alpha value is -0.960. The second-order valence-electron chi connectivity index (χ2n) is 6.07. The Labute approximate surface area is 147 Å². The first-order chi connectivity index (χ1) is 10.9. The molecule has 0 bridgehead atoms. The summed E-state index contributed by atoms with van der Waals surface area (Å²) in [5.74, 6) is -0.660. The predicted molar refractivity (Wildman–Crippen MR) is 86.9 cm³/mol. The number of hydrogen-bond donors (Lipinski definition) is 1. The van der Waals surface area contributed by atoms with Crippen LogP contribution in [0.2, 0.25) is 5.02 Å². The zero-order chi connectivity index (χ0) is 18.7. The van der Waals surface area contributed by atoms with Gasteiger partial charge in [-0.05, 0) is 44.5 Å². The van der Waals surface area contributed by atoms with E-state index in [1.807, 2.05) is 0 Å². The second kappa shape index (κ2) is 7.95. The van der Waals surface area contributed by atoms with E-state index < -0.39 is 39.9 Å². The van der Waals surface area contributed by atoms with Crippen LogP contribution in [0.15, 0.2) is 18.2 Å². The summed E-state index contributed by atoms with van der Waals surface area (Å²) in [6.07, 6.45) is -4.86. The SMILES string of the molecule is COC(=O)C[C@H](N[S@+]([O-])C(C)(C)C)c1cc(C(F)(F)F)ccc1Cl. The molecule has 0 fully saturated rings. The normalized spacial score (nSPS) is 15.0. The molecule has 0 saturated carbocycles. The van der Waals surface area contributed by atoms with E-state index in [1.165, 1.54) is 0 Å². The number of carbonyl (C=O) groups excluding carboxylic acids is 1. The minimum absolute atomic E-state index is 0.0366. The summed E-state index contributed by atoms with van der Waals surface area (Å²) >= 11 is 4.39. The third kappa shape index (κ3) is 5.84. The van der Waals surface area contributed by atoms with Crippen molar-refractivity contribution in [2.24, 2.45) is 0 Å². The molecule has 2 atom stereocenters. The fraction of sp³-hybridized carbons (Fsp3) is 0.533. The third-order valence-electron chi connectivity index (χ3n) is 3.10. The van der Waals surface area contributed by atoms with Gasteiger partial charge in [-0.3, -0.25) is 4.79 Å². The van der Waals surface area contributed by atoms with Crippen LogP contribution in [0.5, 0.6) is 0 Å². The fourth-order valence-corrected chi connectivity index (χ4v) is 2.83. The molecule has 0 aliphatic carbocycles. The molecule has 0 aromatic heterocycles. The standard InChI is InChI=1S/C15H19ClF3NO3S/c1-14(2,3)24(22)20-12(8-13(21)23-4)10-7-9(15(17,18)19)5-6-11(10)16/h5-7,12,20H,8H2,1-4H3/t12-,24+/m0/s1. The molecule has 9 heteroatoms. The van der Waals surface area contributed by atoms with Gasteiger partial charge in [0.25, 0.3) is 0 Å². The van der Waals surface area contributed by atoms with Gasteiger partial charge in [0.05, 0.1) is 25.1 Å². The lowest BCUT2D eigenvalue weighted by molar-refractivity contribution is -0.141. The van der Waals surface area contributed by atoms with Crippen LogP contribution in [-0.2, 0) is 27.1 Å². The van der Waals surface area contributed by atoms with Gasteiger partial charge in [-0.25, -0.2) is 0 Å². The quantitative estimate of drug-likeness (QED) is 0.614. The molecular weight excluding hydrogens is 367 g/mol. The zero-order valence-corrected chi connectivity index (χ0v) is 15.2. The number of nitrogens with one attached hydrogen (secondary N) is 1. The molecule has 1 rings (SSSR count). The predicted octanol–water partition coefficient (Wildman–Crippen LogP) is 4.01. The van der Waals surface area contributed by atoms with Crippen molar-refractivity contribution in [3.63, 3.8) is 0 Å². The van der Waals surface area contributed by atoms with Crippen molar-refractivity contribution in [2.75, 3.05) is 7.11 Å². The highest BCUT2D eigenvalue weighted by molar-refractivity contribution is 7.90. The van der Waals surface area contributed by atoms with Crippen LogP contribution < -0.4 is 4.72 Å². The topological polar surface area (TPSA) is 61.4 Å². The first-order valence-corrected chi connectivity index (χ1v) is 8.50. The first kappa shape index (κ1) is 21.1. The number of alkyl halides is 3. The highest BCUT2D eigenvalue weighted by Crippen LogP contribution is 2.35. The lowest BCUT2D eigenvalue weighted by atomic mass is 10.0. The molecule has 0 heterocycles. The molecule has 136 valence electrons. The Balaban J connectivity index is 3.25. The summed E-state index contributed by atoms with van der Waals surface area (Å²) in [6, 6.07) is 1.82. The molecule has 0 saturated heterocycles. The number of hydrogen-bond acceptors (Lipinski definition) is 4. The van der Waals surface area contributed by atoms with Gasteiger partial charge in [-0.15, -0.1) is 4.72 Å². The van der Waals surface area contributed by atoms with Crippen LogP contribution in [0, 0.1) is 0 Å². The summed E-state index contributed by atoms with van der Waals surface area (Å²) in [5, 5.41) is 0.0373. The second-order valence-corrected chi connectivity index (χ2v) is 8.47. The van der Waals surface area contributed by atoms with Gasteiger partial charge in [-0.2, -0.15) is 13.2 Å². The first-order valence-electron chi connectivity index (χ1n) is 6.97. The van der Waals surface area contributed by atoms with Crippen molar-refractivity contribution in [1.82, 2.24) is 4.72 Å². The van der Waals surface area contributed by atoms with Crippen molar-refractivity contribution in [3.8, 4) is 0 Å². The van der Waals surface area contributed by atoms with Gasteiger partial charge >= 0.3 is 12.1 Å². The summed E-state index contributed by atoms with van der Waals surface area (Å²) in [7, 11) is 1.16. The van der Waals surface area contributed by atoms with E-state index >= 15 is 0 Å². The molecular formula is C15H19ClF3NO3S. The van der Waals surface area contributed by atoms with E-state index in [0.717, 1.165) is 25.3 Å². The molecule has 0 unspecified atom stereocenters. The Morgan fingerprint density at radius 2 is 1.96 bits per heavy atom. The molecule has 1 N–H and O–H groups in total. The van der Waals surface area contributed by atoms with Crippen molar-refractivity contribution in [1.29, 1.82) is 0 Å². The maximum absolute atomic E-state index is 12.9. The minimum Gasteiger partial charge on any atom is -0.598 e. The van der Waals surface area contributed by atoms with Crippen molar-refractivity contribution < 1.29 is 27.3 Å². The van der Waals surface area contributed by atoms with Gasteiger partial charge in [0.15, 0.2) is 0 Å². The molecule has 0 amide bonds. The maximum Gasteiger partial charge on any atom is 0.416 e. The van der Waals surface area contributed by atoms with Crippen LogP contribution in [-0.4, -0.2) is 22.4 Å². The monoisotopic (exact) mass is 385 g/mol. The van der Waals surface area contributed by atoms with Crippen LogP contribution in [0.1, 0.15) is 44.4 Å². The number of benzene rings is 1. The molecule has 1 aromatic carbocycles. The zero-order valence-electron chi connectivity index (χ0n) is 13.7. The summed E-state index contributed by atoms with van der Waals surface area (Å²) in [4.78, 5) is 11.6. The summed E-state index contributed by atoms with van der Waals surface area (Å²) < 4.78 is 57.6. The molecule has 24 heavy (non-hydrogen) atoms. The highest BCUT2D eigenvalue weighted by Gasteiger charge is 2.35. The number of ether oxygens (including phenoxy) is 1. The van der Waals surface area contributed by atoms with Gasteiger partial charge in [0.1, 0.15) is 4.75 Å². The molecule has 0 aliphatic heterocycles. The lowest BCUT2D eigenvalue weighted by Crippen LogP contribution is -2.42. The smallest absolute Gasteiger partial charge is 0.416 e. The molecule has 0 spiro atoms. The number of rotatable bonds is 5. The van der Waals surface area contributed by atoms with E-state index in [4.69, 9.17) is 11.6 Å². The van der Waals surface area contributed by atoms with Gasteiger partial charge in [0.2, 0.25) is 0 Å². The van der Waals surface area contributed by atoms with Gasteiger partial charge < -0.3 is 9.29 Å². The van der Waals surface area contributed by atoms with E-state index in [2.05, 4.69) is 9.46 Å². The number of methoxy groups -OCH3 is 1. The van der Waals surface area contributed by atoms with Crippen LogP contribution in [0.3, 0.4) is 0 Å². The molecule has 0 aliphatic rings. The Bertz CT molecular complexity index is 590. The third-order valence-corrected chi connectivity index (χ3v) is 5.06. The van der Waals surface area contributed by atoms with E-state index in [0.29, 0.717) is 0 Å². The fourth-order valence-electron chi connectivity index (χ4n) is 1.76. The van der Waals surface area contributed by atoms with E-state index in [1.54, 1.807) is 20.8 Å². The molecule has 1 aromatic rings. The number of halogens is 4. The summed E-state index contributed by atoms with van der Waals surface area (Å²) in [6.45, 7) is 5.08. The lowest BCUT2D eigenvalue weighted by Gasteiger charge is -2.28.